The van der Waals surface area contributed by atoms with Crippen LogP contribution in [0.1, 0.15) is 48.8 Å². The van der Waals surface area contributed by atoms with Crippen LogP contribution < -0.4 is 10.1 Å². The first-order valence-corrected chi connectivity index (χ1v) is 10.9. The number of ether oxygens (including phenoxy) is 1. The number of carbonyl (C=O) groups is 2. The molecule has 2 aliphatic rings. The number of rotatable bonds is 5. The van der Waals surface area contributed by atoms with Gasteiger partial charge in [0.25, 0.3) is 5.91 Å². The topological polar surface area (TPSA) is 71.0 Å². The minimum absolute atomic E-state index is 0.00420. The van der Waals surface area contributed by atoms with Gasteiger partial charge in [0.05, 0.1) is 7.11 Å². The lowest BCUT2D eigenvalue weighted by Crippen LogP contribution is -2.51. The third-order valence-electron chi connectivity index (χ3n) is 6.34. The Balaban J connectivity index is 1.60. The fourth-order valence-corrected chi connectivity index (χ4v) is 4.62. The van der Waals surface area contributed by atoms with E-state index in [1.54, 1.807) is 12.0 Å². The highest BCUT2D eigenvalue weighted by molar-refractivity contribution is 6.47. The van der Waals surface area contributed by atoms with Gasteiger partial charge in [0.1, 0.15) is 23.7 Å². The van der Waals surface area contributed by atoms with E-state index >= 15 is 0 Å². The van der Waals surface area contributed by atoms with Crippen LogP contribution >= 0.6 is 0 Å². The molecule has 0 unspecified atom stereocenters. The van der Waals surface area contributed by atoms with Crippen LogP contribution in [0.3, 0.4) is 0 Å². The number of para-hydroxylation sites is 1. The van der Waals surface area contributed by atoms with Crippen molar-refractivity contribution in [1.82, 2.24) is 4.90 Å². The molecule has 31 heavy (non-hydrogen) atoms. The molecule has 0 radical (unpaired) electrons. The van der Waals surface area contributed by atoms with Crippen LogP contribution in [0.25, 0.3) is 0 Å². The molecule has 0 saturated heterocycles. The van der Waals surface area contributed by atoms with Gasteiger partial charge in [-0.25, -0.2) is 0 Å². The molecule has 2 amide bonds. The van der Waals surface area contributed by atoms with Crippen molar-refractivity contribution in [3.8, 4) is 5.75 Å². The Morgan fingerprint density at radius 2 is 1.71 bits per heavy atom. The van der Waals surface area contributed by atoms with Crippen molar-refractivity contribution in [2.75, 3.05) is 19.0 Å². The van der Waals surface area contributed by atoms with Crippen LogP contribution in [-0.4, -0.2) is 41.7 Å². The summed E-state index contributed by atoms with van der Waals surface area (Å²) in [4.78, 5) is 33.1. The molecule has 2 aromatic rings. The first-order valence-electron chi connectivity index (χ1n) is 10.9. The predicted octanol–water partition coefficient (Wildman–Crippen LogP) is 4.24. The minimum Gasteiger partial charge on any atom is -0.497 e. The smallest absolute Gasteiger partial charge is 0.275 e. The zero-order chi connectivity index (χ0) is 22.0. The van der Waals surface area contributed by atoms with E-state index in [9.17, 15) is 9.59 Å². The van der Waals surface area contributed by atoms with Gasteiger partial charge in [-0.1, -0.05) is 24.6 Å². The van der Waals surface area contributed by atoms with Crippen molar-refractivity contribution in [3.05, 3.63) is 59.2 Å². The Labute approximate surface area is 183 Å². The fraction of sp³-hybridized carbons (Fsp3) is 0.400. The molecule has 1 aliphatic heterocycles. The average Bonchev–Trinajstić information content (AvgIpc) is 3.03. The van der Waals surface area contributed by atoms with Crippen LogP contribution in [0, 0.1) is 13.8 Å². The van der Waals surface area contributed by atoms with Crippen molar-refractivity contribution in [3.63, 3.8) is 0 Å². The number of carbonyl (C=O) groups excluding carboxylic acids is 2. The molecule has 4 rings (SSSR count). The van der Waals surface area contributed by atoms with E-state index in [2.05, 4.69) is 5.32 Å². The summed E-state index contributed by atoms with van der Waals surface area (Å²) in [7, 11) is 1.61. The third-order valence-corrected chi connectivity index (χ3v) is 6.34. The number of hydrogen-bond donors (Lipinski definition) is 1. The van der Waals surface area contributed by atoms with Crippen molar-refractivity contribution in [2.45, 2.75) is 51.6 Å². The number of amides is 2. The molecule has 6 heteroatoms. The third kappa shape index (κ3) is 4.07. The van der Waals surface area contributed by atoms with Crippen molar-refractivity contribution >= 4 is 23.2 Å². The summed E-state index contributed by atoms with van der Waals surface area (Å²) >= 11 is 0. The maximum absolute atomic E-state index is 13.4. The standard InChI is InChI=1S/C25H29N3O3/c1-17-8-7-9-18(2)22(17)26-21(29)16-28-24(30)23(19-10-12-20(31-3)13-11-19)27-25(28)14-5-4-6-15-25/h7-13H,4-6,14-16H2,1-3H3,(H,26,29). The van der Waals surface area contributed by atoms with Gasteiger partial charge in [-0.3, -0.25) is 14.6 Å². The summed E-state index contributed by atoms with van der Waals surface area (Å²) in [6, 6.07) is 13.3. The number of anilines is 1. The summed E-state index contributed by atoms with van der Waals surface area (Å²) in [6.45, 7) is 3.93. The largest absolute Gasteiger partial charge is 0.497 e. The molecule has 6 nitrogen and oxygen atoms in total. The van der Waals surface area contributed by atoms with Crippen LogP contribution in [0.5, 0.6) is 5.75 Å². The molecule has 1 saturated carbocycles. The van der Waals surface area contributed by atoms with Crippen molar-refractivity contribution in [1.29, 1.82) is 0 Å². The fourth-order valence-electron chi connectivity index (χ4n) is 4.62. The Hall–Kier alpha value is -3.15. The monoisotopic (exact) mass is 419 g/mol. The van der Waals surface area contributed by atoms with Crippen LogP contribution in [0.4, 0.5) is 5.69 Å². The van der Waals surface area contributed by atoms with E-state index in [0.717, 1.165) is 60.2 Å². The first kappa shape index (κ1) is 21.1. The molecule has 0 aromatic heterocycles. The highest BCUT2D eigenvalue weighted by atomic mass is 16.5. The number of benzene rings is 2. The molecular formula is C25H29N3O3. The molecule has 162 valence electrons. The van der Waals surface area contributed by atoms with Gasteiger partial charge >= 0.3 is 0 Å². The van der Waals surface area contributed by atoms with E-state index in [0.29, 0.717) is 5.71 Å². The normalized spacial score (nSPS) is 17.6. The number of nitrogens with zero attached hydrogens (tertiary/aromatic N) is 2. The summed E-state index contributed by atoms with van der Waals surface area (Å²) in [5.74, 6) is 0.359. The predicted molar refractivity (Wildman–Crippen MR) is 122 cm³/mol. The molecule has 0 atom stereocenters. The Morgan fingerprint density at radius 1 is 1.06 bits per heavy atom. The zero-order valence-electron chi connectivity index (χ0n) is 18.4. The van der Waals surface area contributed by atoms with Gasteiger partial charge in [-0.05, 0) is 74.9 Å². The Bertz CT molecular complexity index is 1000. The Morgan fingerprint density at radius 3 is 2.32 bits per heavy atom. The van der Waals surface area contributed by atoms with E-state index < -0.39 is 5.66 Å². The first-order chi connectivity index (χ1) is 14.9. The van der Waals surface area contributed by atoms with Crippen molar-refractivity contribution < 1.29 is 14.3 Å². The van der Waals surface area contributed by atoms with Gasteiger partial charge in [-0.15, -0.1) is 0 Å². The average molecular weight is 420 g/mol. The van der Waals surface area contributed by atoms with E-state index in [1.165, 1.54) is 0 Å². The van der Waals surface area contributed by atoms with Gasteiger partial charge in [0.2, 0.25) is 5.91 Å². The highest BCUT2D eigenvalue weighted by Crippen LogP contribution is 2.39. The van der Waals surface area contributed by atoms with Gasteiger partial charge in [-0.2, -0.15) is 0 Å². The lowest BCUT2D eigenvalue weighted by Gasteiger charge is -2.38. The van der Waals surface area contributed by atoms with Crippen LogP contribution in [0.2, 0.25) is 0 Å². The molecule has 2 aromatic carbocycles. The Kier molecular flexibility index (Phi) is 5.81. The van der Waals surface area contributed by atoms with Crippen molar-refractivity contribution in [2.24, 2.45) is 4.99 Å². The molecule has 0 bridgehead atoms. The second kappa shape index (κ2) is 8.53. The molecule has 1 heterocycles. The van der Waals surface area contributed by atoms with Gasteiger partial charge < -0.3 is 15.0 Å². The lowest BCUT2D eigenvalue weighted by molar-refractivity contribution is -0.134. The van der Waals surface area contributed by atoms with E-state index in [-0.39, 0.29) is 18.4 Å². The molecule has 1 fully saturated rings. The van der Waals surface area contributed by atoms with E-state index in [1.807, 2.05) is 56.3 Å². The summed E-state index contributed by atoms with van der Waals surface area (Å²) in [5.41, 5.74) is 3.39. The summed E-state index contributed by atoms with van der Waals surface area (Å²) < 4.78 is 5.23. The molecule has 1 N–H and O–H groups in total. The SMILES string of the molecule is COc1ccc(C2=NC3(CCCCC3)N(CC(=O)Nc3c(C)cccc3C)C2=O)cc1. The minimum atomic E-state index is -0.622. The number of hydrogen-bond acceptors (Lipinski definition) is 4. The molecular weight excluding hydrogens is 390 g/mol. The maximum Gasteiger partial charge on any atom is 0.275 e. The summed E-state index contributed by atoms with van der Waals surface area (Å²) in [5, 5.41) is 3.02. The molecule has 1 spiro atoms. The second-order valence-electron chi connectivity index (χ2n) is 8.44. The number of aliphatic imine (C=N–C) groups is 1. The number of methoxy groups -OCH3 is 1. The van der Waals surface area contributed by atoms with Crippen LogP contribution in [0.15, 0.2) is 47.5 Å². The van der Waals surface area contributed by atoms with Crippen LogP contribution in [-0.2, 0) is 9.59 Å². The van der Waals surface area contributed by atoms with E-state index in [4.69, 9.17) is 9.73 Å². The second-order valence-corrected chi connectivity index (χ2v) is 8.44. The molecule has 1 aliphatic carbocycles. The highest BCUT2D eigenvalue weighted by Gasteiger charge is 2.48. The maximum atomic E-state index is 13.4. The summed E-state index contributed by atoms with van der Waals surface area (Å²) in [6.07, 6.45) is 4.71. The zero-order valence-corrected chi connectivity index (χ0v) is 18.4. The quantitative estimate of drug-likeness (QED) is 0.788. The number of nitrogens with one attached hydrogen (secondary N) is 1. The van der Waals surface area contributed by atoms with Gasteiger partial charge in [0.15, 0.2) is 0 Å². The number of aryl methyl sites for hydroxylation is 2. The lowest BCUT2D eigenvalue weighted by atomic mass is 9.88. The van der Waals surface area contributed by atoms with Gasteiger partial charge in [0, 0.05) is 11.3 Å².